The Bertz CT molecular complexity index is 1080. The molecule has 0 saturated carbocycles. The van der Waals surface area contributed by atoms with Gasteiger partial charge in [0.25, 0.3) is 5.91 Å². The normalized spacial score (nSPS) is 22.1. The third-order valence-electron chi connectivity index (χ3n) is 5.13. The number of anilines is 1. The van der Waals surface area contributed by atoms with Gasteiger partial charge in [-0.05, 0) is 37.1 Å². The molecule has 2 aromatic carbocycles. The van der Waals surface area contributed by atoms with E-state index < -0.39 is 9.84 Å². The average Bonchev–Trinajstić information content (AvgIpc) is 3.15. The zero-order chi connectivity index (χ0) is 20.6. The summed E-state index contributed by atoms with van der Waals surface area (Å²) in [6, 6.07) is 13.4. The van der Waals surface area contributed by atoms with Crippen LogP contribution in [0.4, 0.5) is 5.69 Å². The quantitative estimate of drug-likeness (QED) is 0.780. The molecule has 1 saturated heterocycles. The van der Waals surface area contributed by atoms with Crippen molar-refractivity contribution in [3.8, 4) is 0 Å². The molecule has 0 aromatic heterocycles. The van der Waals surface area contributed by atoms with Crippen LogP contribution < -0.4 is 10.6 Å². The van der Waals surface area contributed by atoms with E-state index in [4.69, 9.17) is 0 Å². The van der Waals surface area contributed by atoms with E-state index in [1.54, 1.807) is 6.07 Å². The standard InChI is InChI=1S/C21H23N3O3S2/c1-13-3-6-15(7-4-13)10-22-20(25)16-8-5-14(2)17(9-16)23-21-24-18-11-29(26,27)12-19(18)28-21/h3-9,18-19H,10-12H2,1-2H3,(H,22,25)(H,23,24)/t18-,19+/m0/s1. The van der Waals surface area contributed by atoms with Crippen molar-refractivity contribution in [3.63, 3.8) is 0 Å². The zero-order valence-electron chi connectivity index (χ0n) is 16.3. The number of amides is 1. The maximum Gasteiger partial charge on any atom is 0.251 e. The third-order valence-corrected chi connectivity index (χ3v) is 8.27. The number of nitrogens with one attached hydrogen (secondary N) is 2. The lowest BCUT2D eigenvalue weighted by Gasteiger charge is -2.12. The van der Waals surface area contributed by atoms with Crippen molar-refractivity contribution in [2.75, 3.05) is 16.8 Å². The molecule has 0 bridgehead atoms. The SMILES string of the molecule is Cc1ccc(CNC(=O)c2ccc(C)c(NC3=N[C@H]4CS(=O)(=O)C[C@H]4S3)c2)cc1. The first-order chi connectivity index (χ1) is 13.8. The van der Waals surface area contributed by atoms with Crippen LogP contribution in [-0.2, 0) is 16.4 Å². The second kappa shape index (κ2) is 7.84. The number of carbonyl (C=O) groups is 1. The Labute approximate surface area is 175 Å². The number of aliphatic imine (C=N–C) groups is 1. The van der Waals surface area contributed by atoms with E-state index >= 15 is 0 Å². The lowest BCUT2D eigenvalue weighted by atomic mass is 10.1. The van der Waals surface area contributed by atoms with Gasteiger partial charge in [-0.3, -0.25) is 9.79 Å². The van der Waals surface area contributed by atoms with Gasteiger partial charge in [-0.1, -0.05) is 47.7 Å². The molecular formula is C21H23N3O3S2. The highest BCUT2D eigenvalue weighted by atomic mass is 32.2. The highest BCUT2D eigenvalue weighted by Gasteiger charge is 2.42. The number of thioether (sulfide) groups is 1. The van der Waals surface area contributed by atoms with Crippen molar-refractivity contribution in [2.24, 2.45) is 4.99 Å². The van der Waals surface area contributed by atoms with Crippen LogP contribution in [0.2, 0.25) is 0 Å². The van der Waals surface area contributed by atoms with Crippen molar-refractivity contribution in [2.45, 2.75) is 31.7 Å². The fourth-order valence-corrected chi connectivity index (χ4v) is 7.09. The molecule has 0 unspecified atom stereocenters. The average molecular weight is 430 g/mol. The molecule has 152 valence electrons. The molecule has 2 N–H and O–H groups in total. The summed E-state index contributed by atoms with van der Waals surface area (Å²) in [6.45, 7) is 4.46. The topological polar surface area (TPSA) is 87.6 Å². The molecule has 2 aliphatic rings. The Morgan fingerprint density at radius 2 is 1.90 bits per heavy atom. The Morgan fingerprint density at radius 1 is 1.14 bits per heavy atom. The lowest BCUT2D eigenvalue weighted by Crippen LogP contribution is -2.23. The van der Waals surface area contributed by atoms with Gasteiger partial charge in [-0.15, -0.1) is 0 Å². The summed E-state index contributed by atoms with van der Waals surface area (Å²) in [5.41, 5.74) is 4.60. The summed E-state index contributed by atoms with van der Waals surface area (Å²) in [5.74, 6) is 0.158. The molecule has 6 nitrogen and oxygen atoms in total. The van der Waals surface area contributed by atoms with E-state index in [1.165, 1.54) is 17.3 Å². The molecule has 29 heavy (non-hydrogen) atoms. The van der Waals surface area contributed by atoms with E-state index in [-0.39, 0.29) is 28.7 Å². The molecule has 2 heterocycles. The second-order valence-electron chi connectivity index (χ2n) is 7.56. The van der Waals surface area contributed by atoms with Gasteiger partial charge in [0.1, 0.15) is 0 Å². The maximum atomic E-state index is 12.6. The first-order valence-electron chi connectivity index (χ1n) is 9.45. The van der Waals surface area contributed by atoms with Gasteiger partial charge in [0.2, 0.25) is 0 Å². The minimum Gasteiger partial charge on any atom is -0.348 e. The number of aryl methyl sites for hydroxylation is 2. The van der Waals surface area contributed by atoms with Gasteiger partial charge in [0.15, 0.2) is 15.0 Å². The highest BCUT2D eigenvalue weighted by Crippen LogP contribution is 2.35. The van der Waals surface area contributed by atoms with Crippen LogP contribution in [0.25, 0.3) is 0 Å². The van der Waals surface area contributed by atoms with Crippen molar-refractivity contribution >= 4 is 38.4 Å². The minimum atomic E-state index is -2.97. The van der Waals surface area contributed by atoms with Crippen LogP contribution in [0.5, 0.6) is 0 Å². The molecule has 1 amide bonds. The second-order valence-corrected chi connectivity index (χ2v) is 10.9. The largest absolute Gasteiger partial charge is 0.348 e. The third kappa shape index (κ3) is 4.64. The minimum absolute atomic E-state index is 0.0104. The van der Waals surface area contributed by atoms with Gasteiger partial charge in [-0.25, -0.2) is 8.42 Å². The van der Waals surface area contributed by atoms with Gasteiger partial charge >= 0.3 is 0 Å². The monoisotopic (exact) mass is 429 g/mol. The summed E-state index contributed by atoms with van der Waals surface area (Å²) in [5, 5.41) is 6.93. The lowest BCUT2D eigenvalue weighted by molar-refractivity contribution is 0.0951. The Balaban J connectivity index is 1.42. The molecule has 2 aromatic rings. The summed E-state index contributed by atoms with van der Waals surface area (Å²) < 4.78 is 23.4. The molecule has 0 spiro atoms. The number of hydrogen-bond donors (Lipinski definition) is 2. The number of amidine groups is 1. The van der Waals surface area contributed by atoms with Crippen molar-refractivity contribution in [3.05, 3.63) is 64.7 Å². The van der Waals surface area contributed by atoms with Crippen LogP contribution in [0, 0.1) is 13.8 Å². The number of sulfone groups is 1. The first-order valence-corrected chi connectivity index (χ1v) is 12.2. The smallest absolute Gasteiger partial charge is 0.251 e. The molecule has 2 aliphatic heterocycles. The molecule has 2 atom stereocenters. The summed E-state index contributed by atoms with van der Waals surface area (Å²) in [4.78, 5) is 17.1. The number of nitrogens with zero attached hydrogens (tertiary/aromatic N) is 1. The first kappa shape index (κ1) is 20.0. The predicted molar refractivity (Wildman–Crippen MR) is 118 cm³/mol. The van der Waals surface area contributed by atoms with Gasteiger partial charge < -0.3 is 10.6 Å². The van der Waals surface area contributed by atoms with Gasteiger partial charge in [0.05, 0.1) is 17.5 Å². The van der Waals surface area contributed by atoms with E-state index in [0.29, 0.717) is 12.1 Å². The van der Waals surface area contributed by atoms with E-state index in [1.807, 2.05) is 50.2 Å². The van der Waals surface area contributed by atoms with Crippen LogP contribution in [0.1, 0.15) is 27.0 Å². The zero-order valence-corrected chi connectivity index (χ0v) is 17.9. The Kier molecular flexibility index (Phi) is 5.40. The summed E-state index contributed by atoms with van der Waals surface area (Å²) in [6.07, 6.45) is 0. The van der Waals surface area contributed by atoms with Gasteiger partial charge in [-0.2, -0.15) is 0 Å². The Morgan fingerprint density at radius 3 is 2.62 bits per heavy atom. The Hall–Kier alpha value is -2.32. The number of carbonyl (C=O) groups excluding carboxylic acids is 1. The number of benzene rings is 2. The maximum absolute atomic E-state index is 12.6. The predicted octanol–water partition coefficient (Wildman–Crippen LogP) is 2.91. The van der Waals surface area contributed by atoms with Gasteiger partial charge in [0, 0.05) is 23.0 Å². The van der Waals surface area contributed by atoms with E-state index in [9.17, 15) is 13.2 Å². The number of rotatable bonds is 4. The molecule has 0 aliphatic carbocycles. The fourth-order valence-electron chi connectivity index (χ4n) is 3.42. The van der Waals surface area contributed by atoms with Crippen molar-refractivity contribution in [1.82, 2.24) is 5.32 Å². The number of hydrogen-bond acceptors (Lipinski definition) is 6. The van der Waals surface area contributed by atoms with E-state index in [0.717, 1.165) is 22.0 Å². The van der Waals surface area contributed by atoms with E-state index in [2.05, 4.69) is 15.6 Å². The van der Waals surface area contributed by atoms with Crippen molar-refractivity contribution in [1.29, 1.82) is 0 Å². The summed E-state index contributed by atoms with van der Waals surface area (Å²) >= 11 is 1.47. The molecule has 1 fully saturated rings. The van der Waals surface area contributed by atoms with Crippen LogP contribution in [-0.4, -0.2) is 42.3 Å². The molecular weight excluding hydrogens is 406 g/mol. The number of fused-ring (bicyclic) bond motifs is 1. The van der Waals surface area contributed by atoms with Crippen LogP contribution >= 0.6 is 11.8 Å². The van der Waals surface area contributed by atoms with Crippen molar-refractivity contribution < 1.29 is 13.2 Å². The van der Waals surface area contributed by atoms with Crippen LogP contribution in [0.15, 0.2) is 47.5 Å². The molecule has 0 radical (unpaired) electrons. The summed E-state index contributed by atoms with van der Waals surface area (Å²) in [7, 11) is -2.97. The fraction of sp³-hybridized carbons (Fsp3) is 0.333. The molecule has 8 heteroatoms. The van der Waals surface area contributed by atoms with Crippen LogP contribution in [0.3, 0.4) is 0 Å². The highest BCUT2D eigenvalue weighted by molar-refractivity contribution is 8.15. The molecule has 4 rings (SSSR count).